The molecule has 3 atom stereocenters. The Morgan fingerprint density at radius 1 is 1.33 bits per heavy atom. The number of nitrogens with one attached hydrogen (secondary N) is 1. The fourth-order valence-corrected chi connectivity index (χ4v) is 5.98. The van der Waals surface area contributed by atoms with Gasteiger partial charge in [0.05, 0.1) is 4.34 Å². The van der Waals surface area contributed by atoms with E-state index in [2.05, 4.69) is 4.72 Å². The van der Waals surface area contributed by atoms with E-state index in [1.807, 2.05) is 0 Å². The zero-order valence-corrected chi connectivity index (χ0v) is 12.3. The SMILES string of the molecule is O=S(=O)(NC[C@@H]1C[C@@H]2CC[C@@H]1C2)c1ccc(Cl)s1. The molecule has 3 rings (SSSR count). The molecule has 0 radical (unpaired) electrons. The molecule has 0 aromatic carbocycles. The van der Waals surface area contributed by atoms with Crippen molar-refractivity contribution >= 4 is 33.0 Å². The van der Waals surface area contributed by atoms with Crippen LogP contribution in [0.4, 0.5) is 0 Å². The molecule has 2 aliphatic rings. The van der Waals surface area contributed by atoms with Crippen molar-refractivity contribution in [3.8, 4) is 0 Å². The van der Waals surface area contributed by atoms with E-state index in [0.29, 0.717) is 21.0 Å². The number of thiophene rings is 1. The first-order valence-electron chi connectivity index (χ1n) is 6.29. The lowest BCUT2D eigenvalue weighted by atomic mass is 9.89. The number of halogens is 1. The van der Waals surface area contributed by atoms with Gasteiger partial charge in [0.15, 0.2) is 0 Å². The van der Waals surface area contributed by atoms with Gasteiger partial charge >= 0.3 is 0 Å². The van der Waals surface area contributed by atoms with Crippen LogP contribution in [0.25, 0.3) is 0 Å². The molecule has 1 aromatic rings. The average molecular weight is 306 g/mol. The maximum Gasteiger partial charge on any atom is 0.250 e. The summed E-state index contributed by atoms with van der Waals surface area (Å²) < 4.78 is 27.7. The molecule has 1 heterocycles. The van der Waals surface area contributed by atoms with E-state index in [9.17, 15) is 8.42 Å². The van der Waals surface area contributed by atoms with Crippen molar-refractivity contribution < 1.29 is 8.42 Å². The summed E-state index contributed by atoms with van der Waals surface area (Å²) in [6, 6.07) is 3.19. The lowest BCUT2D eigenvalue weighted by molar-refractivity contribution is 0.333. The number of hydrogen-bond acceptors (Lipinski definition) is 3. The Morgan fingerprint density at radius 3 is 2.72 bits per heavy atom. The minimum Gasteiger partial charge on any atom is -0.210 e. The van der Waals surface area contributed by atoms with E-state index in [-0.39, 0.29) is 0 Å². The Bertz CT molecular complexity index is 540. The first-order valence-corrected chi connectivity index (χ1v) is 8.97. The molecule has 0 saturated heterocycles. The number of hydrogen-bond donors (Lipinski definition) is 1. The average Bonchev–Trinajstić information content (AvgIpc) is 3.01. The van der Waals surface area contributed by atoms with Crippen molar-refractivity contribution in [2.24, 2.45) is 17.8 Å². The Hall–Kier alpha value is -0.100. The topological polar surface area (TPSA) is 46.2 Å². The van der Waals surface area contributed by atoms with Gasteiger partial charge in [0.1, 0.15) is 4.21 Å². The smallest absolute Gasteiger partial charge is 0.210 e. The number of fused-ring (bicyclic) bond motifs is 2. The van der Waals surface area contributed by atoms with Gasteiger partial charge in [-0.1, -0.05) is 18.0 Å². The third kappa shape index (κ3) is 2.46. The molecule has 6 heteroatoms. The fraction of sp³-hybridized carbons (Fsp3) is 0.667. The molecule has 18 heavy (non-hydrogen) atoms. The van der Waals surface area contributed by atoms with Gasteiger partial charge in [-0.3, -0.25) is 0 Å². The van der Waals surface area contributed by atoms with Crippen LogP contribution in [0, 0.1) is 17.8 Å². The third-order valence-corrected chi connectivity index (χ3v) is 7.38. The summed E-state index contributed by atoms with van der Waals surface area (Å²) in [4.78, 5) is 0. The van der Waals surface area contributed by atoms with Crippen LogP contribution in [0.2, 0.25) is 4.34 Å². The van der Waals surface area contributed by atoms with Crippen molar-refractivity contribution in [1.82, 2.24) is 4.72 Å². The molecular formula is C12H16ClNO2S2. The first kappa shape index (κ1) is 12.9. The van der Waals surface area contributed by atoms with Gasteiger partial charge in [-0.2, -0.15) is 0 Å². The highest BCUT2D eigenvalue weighted by atomic mass is 35.5. The highest BCUT2D eigenvalue weighted by molar-refractivity contribution is 7.91. The standard InChI is InChI=1S/C12H16ClNO2S2/c13-11-3-4-12(17-11)18(15,16)14-7-10-6-8-1-2-9(10)5-8/h3-4,8-10,14H,1-2,5-7H2/t8-,9-,10+/m1/s1. The molecule has 0 amide bonds. The maximum atomic E-state index is 12.0. The summed E-state index contributed by atoms with van der Waals surface area (Å²) in [5.74, 6) is 2.12. The van der Waals surface area contributed by atoms with Gasteiger partial charge in [0.25, 0.3) is 0 Å². The van der Waals surface area contributed by atoms with Crippen LogP contribution < -0.4 is 4.72 Å². The van der Waals surface area contributed by atoms with Crippen molar-refractivity contribution in [3.05, 3.63) is 16.5 Å². The van der Waals surface area contributed by atoms with Crippen LogP contribution in [0.5, 0.6) is 0 Å². The molecule has 2 bridgehead atoms. The van der Waals surface area contributed by atoms with E-state index in [1.54, 1.807) is 12.1 Å². The van der Waals surface area contributed by atoms with Crippen LogP contribution >= 0.6 is 22.9 Å². The van der Waals surface area contributed by atoms with E-state index >= 15 is 0 Å². The van der Waals surface area contributed by atoms with E-state index in [1.165, 1.54) is 25.7 Å². The van der Waals surface area contributed by atoms with Crippen LogP contribution in [-0.2, 0) is 10.0 Å². The highest BCUT2D eigenvalue weighted by Gasteiger charge is 2.39. The second-order valence-corrected chi connectivity index (χ2v) is 9.05. The lowest BCUT2D eigenvalue weighted by Crippen LogP contribution is -2.31. The Balaban J connectivity index is 1.63. The molecule has 1 aromatic heterocycles. The fourth-order valence-electron chi connectivity index (χ4n) is 3.36. The molecule has 0 unspecified atom stereocenters. The summed E-state index contributed by atoms with van der Waals surface area (Å²) in [5.41, 5.74) is 0. The summed E-state index contributed by atoms with van der Waals surface area (Å²) in [5, 5.41) is 0. The van der Waals surface area contributed by atoms with Crippen molar-refractivity contribution in [1.29, 1.82) is 0 Å². The molecule has 0 spiro atoms. The minimum absolute atomic E-state index is 0.315. The second-order valence-electron chi connectivity index (χ2n) is 5.35. The number of sulfonamides is 1. The summed E-state index contributed by atoms with van der Waals surface area (Å²) in [6.07, 6.45) is 5.12. The quantitative estimate of drug-likeness (QED) is 0.929. The zero-order valence-electron chi connectivity index (χ0n) is 9.93. The molecule has 100 valence electrons. The van der Waals surface area contributed by atoms with Gasteiger partial charge in [0, 0.05) is 6.54 Å². The van der Waals surface area contributed by atoms with Crippen molar-refractivity contribution in [3.63, 3.8) is 0 Å². The molecule has 2 aliphatic carbocycles. The Morgan fingerprint density at radius 2 is 2.17 bits per heavy atom. The van der Waals surface area contributed by atoms with E-state index in [4.69, 9.17) is 11.6 Å². The normalized spacial score (nSPS) is 31.1. The molecule has 3 nitrogen and oxygen atoms in total. The van der Waals surface area contributed by atoms with Crippen LogP contribution in [0.3, 0.4) is 0 Å². The first-order chi connectivity index (χ1) is 8.54. The van der Waals surface area contributed by atoms with Gasteiger partial charge in [-0.15, -0.1) is 11.3 Å². The maximum absolute atomic E-state index is 12.0. The molecule has 2 saturated carbocycles. The van der Waals surface area contributed by atoms with Gasteiger partial charge in [-0.05, 0) is 49.1 Å². The molecular weight excluding hydrogens is 290 g/mol. The molecule has 1 N–H and O–H groups in total. The van der Waals surface area contributed by atoms with Crippen LogP contribution in [0.1, 0.15) is 25.7 Å². The summed E-state index contributed by atoms with van der Waals surface area (Å²) in [6.45, 7) is 0.582. The lowest BCUT2D eigenvalue weighted by Gasteiger charge is -2.21. The summed E-state index contributed by atoms with van der Waals surface area (Å²) >= 11 is 6.88. The monoisotopic (exact) mass is 305 g/mol. The van der Waals surface area contributed by atoms with E-state index < -0.39 is 10.0 Å². The van der Waals surface area contributed by atoms with E-state index in [0.717, 1.165) is 23.2 Å². The predicted octanol–water partition coefficient (Wildman–Crippen LogP) is 3.12. The highest BCUT2D eigenvalue weighted by Crippen LogP contribution is 2.48. The zero-order chi connectivity index (χ0) is 12.8. The number of rotatable bonds is 4. The second kappa shape index (κ2) is 4.78. The summed E-state index contributed by atoms with van der Waals surface area (Å²) in [7, 11) is -3.36. The Labute approximate surface area is 117 Å². The Kier molecular flexibility index (Phi) is 3.43. The van der Waals surface area contributed by atoms with Crippen molar-refractivity contribution in [2.45, 2.75) is 29.9 Å². The van der Waals surface area contributed by atoms with Gasteiger partial charge in [0.2, 0.25) is 10.0 Å². The minimum atomic E-state index is -3.36. The molecule has 0 aliphatic heterocycles. The van der Waals surface area contributed by atoms with Gasteiger partial charge in [-0.25, -0.2) is 13.1 Å². The van der Waals surface area contributed by atoms with Crippen LogP contribution in [-0.4, -0.2) is 15.0 Å². The largest absolute Gasteiger partial charge is 0.250 e. The van der Waals surface area contributed by atoms with Crippen molar-refractivity contribution in [2.75, 3.05) is 6.54 Å². The van der Waals surface area contributed by atoms with Gasteiger partial charge < -0.3 is 0 Å². The molecule has 2 fully saturated rings. The van der Waals surface area contributed by atoms with Crippen LogP contribution in [0.15, 0.2) is 16.3 Å². The third-order valence-electron chi connectivity index (χ3n) is 4.23. The predicted molar refractivity (Wildman–Crippen MR) is 73.5 cm³/mol.